The monoisotopic (exact) mass is 340 g/mol. The van der Waals surface area contributed by atoms with Gasteiger partial charge in [0.25, 0.3) is 5.91 Å². The lowest BCUT2D eigenvalue weighted by atomic mass is 9.86. The average molecular weight is 340 g/mol. The van der Waals surface area contributed by atoms with Gasteiger partial charge in [0.2, 0.25) is 0 Å². The summed E-state index contributed by atoms with van der Waals surface area (Å²) in [7, 11) is 3.95. The Morgan fingerprint density at radius 3 is 2.44 bits per heavy atom. The molecule has 0 bridgehead atoms. The number of nitrogens with zero attached hydrogens (tertiary/aromatic N) is 2. The molecule has 0 aliphatic heterocycles. The molecule has 0 aliphatic rings. The van der Waals surface area contributed by atoms with Crippen molar-refractivity contribution in [3.05, 3.63) is 53.9 Å². The molecule has 5 heteroatoms. The number of likely N-dealkylation sites (N-methyl/N-ethyl adjacent to an activating group) is 1. The van der Waals surface area contributed by atoms with Gasteiger partial charge in [-0.05, 0) is 43.3 Å². The third kappa shape index (κ3) is 5.57. The molecule has 2 aromatic rings. The summed E-state index contributed by atoms with van der Waals surface area (Å²) in [5.41, 5.74) is 3.62. The number of aromatic nitrogens is 1. The number of para-hydroxylation sites is 1. The van der Waals surface area contributed by atoms with Gasteiger partial charge in [-0.15, -0.1) is 0 Å². The van der Waals surface area contributed by atoms with Crippen LogP contribution in [0.2, 0.25) is 0 Å². The van der Waals surface area contributed by atoms with Crippen LogP contribution in [-0.4, -0.2) is 43.0 Å². The van der Waals surface area contributed by atoms with Crippen molar-refractivity contribution in [1.82, 2.24) is 15.2 Å². The fourth-order valence-corrected chi connectivity index (χ4v) is 2.49. The van der Waals surface area contributed by atoms with Gasteiger partial charge in [0.05, 0.1) is 11.9 Å². The van der Waals surface area contributed by atoms with Crippen molar-refractivity contribution in [3.63, 3.8) is 0 Å². The third-order valence-electron chi connectivity index (χ3n) is 3.85. The third-order valence-corrected chi connectivity index (χ3v) is 3.85. The van der Waals surface area contributed by atoms with E-state index >= 15 is 0 Å². The summed E-state index contributed by atoms with van der Waals surface area (Å²) >= 11 is 0. The largest absolute Gasteiger partial charge is 0.354 e. The number of hydrogen-bond donors (Lipinski definition) is 2. The number of pyridine rings is 1. The topological polar surface area (TPSA) is 57.3 Å². The number of rotatable bonds is 6. The molecule has 0 radical (unpaired) electrons. The summed E-state index contributed by atoms with van der Waals surface area (Å²) < 4.78 is 0. The Labute approximate surface area is 150 Å². The normalized spacial score (nSPS) is 11.4. The molecule has 2 rings (SSSR count). The van der Waals surface area contributed by atoms with E-state index < -0.39 is 0 Å². The minimum absolute atomic E-state index is 0.0449. The minimum Gasteiger partial charge on any atom is -0.354 e. The van der Waals surface area contributed by atoms with Gasteiger partial charge in [-0.25, -0.2) is 4.98 Å². The SMILES string of the molecule is CN(C)CCNC(=O)c1ccc(Nc2ccccc2C(C)(C)C)cn1. The maximum Gasteiger partial charge on any atom is 0.269 e. The van der Waals surface area contributed by atoms with Gasteiger partial charge in [-0.3, -0.25) is 4.79 Å². The second kappa shape index (κ2) is 8.12. The van der Waals surface area contributed by atoms with Gasteiger partial charge < -0.3 is 15.5 Å². The number of amides is 1. The maximum atomic E-state index is 12.1. The van der Waals surface area contributed by atoms with Crippen LogP contribution in [0.1, 0.15) is 36.8 Å². The minimum atomic E-state index is -0.150. The number of anilines is 2. The number of nitrogens with one attached hydrogen (secondary N) is 2. The number of carbonyl (C=O) groups excluding carboxylic acids is 1. The summed E-state index contributed by atoms with van der Waals surface area (Å²) in [6.45, 7) is 7.97. The Morgan fingerprint density at radius 1 is 1.12 bits per heavy atom. The van der Waals surface area contributed by atoms with Crippen LogP contribution in [0, 0.1) is 0 Å². The fourth-order valence-electron chi connectivity index (χ4n) is 2.49. The molecule has 2 N–H and O–H groups in total. The molecule has 0 saturated carbocycles. The highest BCUT2D eigenvalue weighted by atomic mass is 16.1. The maximum absolute atomic E-state index is 12.1. The zero-order valence-electron chi connectivity index (χ0n) is 15.8. The molecule has 0 aliphatic carbocycles. The Bertz CT molecular complexity index is 702. The second-order valence-corrected chi connectivity index (χ2v) is 7.41. The van der Waals surface area contributed by atoms with E-state index in [1.165, 1.54) is 5.56 Å². The summed E-state index contributed by atoms with van der Waals surface area (Å²) in [6, 6.07) is 11.9. The van der Waals surface area contributed by atoms with Gasteiger partial charge in [-0.2, -0.15) is 0 Å². The first-order valence-electron chi connectivity index (χ1n) is 8.53. The highest BCUT2D eigenvalue weighted by molar-refractivity contribution is 5.92. The van der Waals surface area contributed by atoms with E-state index in [0.717, 1.165) is 17.9 Å². The molecule has 0 unspecified atom stereocenters. The van der Waals surface area contributed by atoms with Crippen LogP contribution in [0.4, 0.5) is 11.4 Å². The zero-order valence-corrected chi connectivity index (χ0v) is 15.8. The van der Waals surface area contributed by atoms with Gasteiger partial charge in [0.15, 0.2) is 0 Å². The van der Waals surface area contributed by atoms with Crippen LogP contribution in [0.15, 0.2) is 42.6 Å². The second-order valence-electron chi connectivity index (χ2n) is 7.41. The molecule has 0 spiro atoms. The van der Waals surface area contributed by atoms with Crippen LogP contribution in [0.3, 0.4) is 0 Å². The summed E-state index contributed by atoms with van der Waals surface area (Å²) in [4.78, 5) is 18.4. The Balaban J connectivity index is 2.05. The number of carbonyl (C=O) groups is 1. The Hall–Kier alpha value is -2.40. The molecule has 1 aromatic heterocycles. The summed E-state index contributed by atoms with van der Waals surface area (Å²) in [5, 5.41) is 6.27. The molecule has 1 aromatic carbocycles. The number of benzene rings is 1. The fraction of sp³-hybridized carbons (Fsp3) is 0.400. The predicted molar refractivity (Wildman–Crippen MR) is 104 cm³/mol. The van der Waals surface area contributed by atoms with Crippen molar-refractivity contribution in [2.75, 3.05) is 32.5 Å². The summed E-state index contributed by atoms with van der Waals surface area (Å²) in [5.74, 6) is -0.150. The van der Waals surface area contributed by atoms with E-state index in [2.05, 4.69) is 48.5 Å². The molecule has 134 valence electrons. The van der Waals surface area contributed by atoms with E-state index in [9.17, 15) is 4.79 Å². The first kappa shape index (κ1) is 18.9. The van der Waals surface area contributed by atoms with Crippen molar-refractivity contribution in [2.45, 2.75) is 26.2 Å². The first-order chi connectivity index (χ1) is 11.8. The first-order valence-corrected chi connectivity index (χ1v) is 8.53. The van der Waals surface area contributed by atoms with E-state index in [4.69, 9.17) is 0 Å². The smallest absolute Gasteiger partial charge is 0.269 e. The van der Waals surface area contributed by atoms with E-state index in [1.54, 1.807) is 12.3 Å². The Morgan fingerprint density at radius 2 is 1.84 bits per heavy atom. The molecule has 25 heavy (non-hydrogen) atoms. The lowest BCUT2D eigenvalue weighted by Gasteiger charge is -2.23. The van der Waals surface area contributed by atoms with Crippen LogP contribution < -0.4 is 10.6 Å². The van der Waals surface area contributed by atoms with Gasteiger partial charge >= 0.3 is 0 Å². The van der Waals surface area contributed by atoms with E-state index in [1.807, 2.05) is 37.2 Å². The molecule has 0 fully saturated rings. The molecule has 0 saturated heterocycles. The average Bonchev–Trinajstić information content (AvgIpc) is 2.54. The standard InChI is InChI=1S/C20H28N4O/c1-20(2,3)16-8-6-7-9-17(16)23-15-10-11-18(22-14-15)19(25)21-12-13-24(4)5/h6-11,14,23H,12-13H2,1-5H3,(H,21,25). The molecule has 1 amide bonds. The highest BCUT2D eigenvalue weighted by Gasteiger charge is 2.17. The van der Waals surface area contributed by atoms with E-state index in [0.29, 0.717) is 12.2 Å². The van der Waals surface area contributed by atoms with Crippen LogP contribution in [-0.2, 0) is 5.41 Å². The van der Waals surface area contributed by atoms with Crippen molar-refractivity contribution in [3.8, 4) is 0 Å². The zero-order chi connectivity index (χ0) is 18.4. The molecule has 1 heterocycles. The van der Waals surface area contributed by atoms with E-state index in [-0.39, 0.29) is 11.3 Å². The number of hydrogen-bond acceptors (Lipinski definition) is 4. The predicted octanol–water partition coefficient (Wildman–Crippen LogP) is 3.41. The lowest BCUT2D eigenvalue weighted by Crippen LogP contribution is -2.31. The van der Waals surface area contributed by atoms with Crippen LogP contribution >= 0.6 is 0 Å². The lowest BCUT2D eigenvalue weighted by molar-refractivity contribution is 0.0946. The van der Waals surface area contributed by atoms with Gasteiger partial charge in [0, 0.05) is 18.8 Å². The van der Waals surface area contributed by atoms with Crippen LogP contribution in [0.25, 0.3) is 0 Å². The van der Waals surface area contributed by atoms with Crippen molar-refractivity contribution >= 4 is 17.3 Å². The van der Waals surface area contributed by atoms with Crippen molar-refractivity contribution in [1.29, 1.82) is 0 Å². The molecule has 5 nitrogen and oxygen atoms in total. The molecular formula is C20H28N4O. The molecule has 0 atom stereocenters. The van der Waals surface area contributed by atoms with Crippen molar-refractivity contribution < 1.29 is 4.79 Å². The van der Waals surface area contributed by atoms with Crippen LogP contribution in [0.5, 0.6) is 0 Å². The molecular weight excluding hydrogens is 312 g/mol. The quantitative estimate of drug-likeness (QED) is 0.846. The Kier molecular flexibility index (Phi) is 6.15. The van der Waals surface area contributed by atoms with Crippen molar-refractivity contribution in [2.24, 2.45) is 0 Å². The van der Waals surface area contributed by atoms with Gasteiger partial charge in [0.1, 0.15) is 5.69 Å². The summed E-state index contributed by atoms with van der Waals surface area (Å²) in [6.07, 6.45) is 1.69. The highest BCUT2D eigenvalue weighted by Crippen LogP contribution is 2.31. The van der Waals surface area contributed by atoms with Gasteiger partial charge in [-0.1, -0.05) is 39.0 Å².